The highest BCUT2D eigenvalue weighted by molar-refractivity contribution is 5.92. The molecule has 11 heteroatoms. The van der Waals surface area contributed by atoms with Crippen LogP contribution in [0.2, 0.25) is 0 Å². The zero-order valence-corrected chi connectivity index (χ0v) is 24.9. The largest absolute Gasteiger partial charge is 0.466 e. The van der Waals surface area contributed by atoms with Crippen molar-refractivity contribution < 1.29 is 33.4 Å². The summed E-state index contributed by atoms with van der Waals surface area (Å²) >= 11 is 0. The van der Waals surface area contributed by atoms with Gasteiger partial charge in [-0.1, -0.05) is 37.1 Å². The Kier molecular flexibility index (Phi) is 14.2. The molecule has 0 fully saturated rings. The van der Waals surface area contributed by atoms with Gasteiger partial charge in [0.2, 0.25) is 17.7 Å². The second kappa shape index (κ2) is 16.5. The highest BCUT2D eigenvalue weighted by Crippen LogP contribution is 2.27. The van der Waals surface area contributed by atoms with Crippen LogP contribution in [0.25, 0.3) is 0 Å². The number of carbonyl (C=O) groups excluding carboxylic acids is 5. The predicted molar refractivity (Wildman–Crippen MR) is 151 cm³/mol. The van der Waals surface area contributed by atoms with E-state index in [1.165, 1.54) is 4.90 Å². The molecule has 0 bridgehead atoms. The summed E-state index contributed by atoms with van der Waals surface area (Å²) in [6, 6.07) is 3.35. The molecule has 1 rings (SSSR count). The molecule has 4 N–H and O–H groups in total. The van der Waals surface area contributed by atoms with E-state index >= 15 is 0 Å². The number of hydrogen-bond acceptors (Lipinski definition) is 7. The van der Waals surface area contributed by atoms with Gasteiger partial charge in [0.25, 0.3) is 0 Å². The fourth-order valence-corrected chi connectivity index (χ4v) is 4.09. The van der Waals surface area contributed by atoms with E-state index in [0.717, 1.165) is 17.5 Å². The summed E-state index contributed by atoms with van der Waals surface area (Å²) in [5.74, 6) is -2.11. The molecule has 0 aliphatic rings. The van der Waals surface area contributed by atoms with E-state index in [0.29, 0.717) is 12.0 Å². The summed E-state index contributed by atoms with van der Waals surface area (Å²) in [7, 11) is 0. The van der Waals surface area contributed by atoms with E-state index in [1.807, 2.05) is 32.9 Å². The minimum atomic E-state index is -1.17. The summed E-state index contributed by atoms with van der Waals surface area (Å²) in [5, 5.41) is 5.34. The first-order valence-corrected chi connectivity index (χ1v) is 13.8. The molecular weight excluding hydrogens is 516 g/mol. The highest BCUT2D eigenvalue weighted by atomic mass is 16.6. The summed E-state index contributed by atoms with van der Waals surface area (Å²) in [6.45, 7) is 13.0. The minimum absolute atomic E-state index is 0.0240. The van der Waals surface area contributed by atoms with Crippen molar-refractivity contribution in [1.29, 1.82) is 0 Å². The number of esters is 1. The maximum Gasteiger partial charge on any atom is 0.408 e. The van der Waals surface area contributed by atoms with Crippen molar-refractivity contribution in [2.75, 3.05) is 19.7 Å². The molecule has 2 atom stereocenters. The van der Waals surface area contributed by atoms with E-state index < -0.39 is 47.5 Å². The van der Waals surface area contributed by atoms with Crippen LogP contribution in [-0.4, -0.2) is 66.0 Å². The molecule has 0 aliphatic heterocycles. The Hall–Kier alpha value is -3.63. The molecule has 1 aromatic rings. The average molecular weight is 563 g/mol. The molecule has 0 aromatic heterocycles. The Bertz CT molecular complexity index is 1040. The van der Waals surface area contributed by atoms with E-state index in [2.05, 4.69) is 10.6 Å². The molecule has 0 saturated heterocycles. The minimum Gasteiger partial charge on any atom is -0.466 e. The fourth-order valence-electron chi connectivity index (χ4n) is 4.09. The van der Waals surface area contributed by atoms with Gasteiger partial charge in [0.05, 0.1) is 13.0 Å². The Morgan fingerprint density at radius 2 is 1.73 bits per heavy atom. The van der Waals surface area contributed by atoms with E-state index in [4.69, 9.17) is 15.2 Å². The van der Waals surface area contributed by atoms with Gasteiger partial charge in [0.1, 0.15) is 17.7 Å². The number of hydrogen-bond donors (Lipinski definition) is 3. The molecule has 0 saturated carbocycles. The number of unbranched alkanes of at least 4 members (excludes halogenated alkanes) is 1. The second-order valence-electron chi connectivity index (χ2n) is 10.7. The molecular formula is C29H46N4O7. The molecule has 0 spiro atoms. The normalized spacial score (nSPS) is 12.6. The number of primary amides is 1. The van der Waals surface area contributed by atoms with Gasteiger partial charge in [-0.05, 0) is 65.5 Å². The second-order valence-corrected chi connectivity index (χ2v) is 10.7. The van der Waals surface area contributed by atoms with Crippen molar-refractivity contribution in [1.82, 2.24) is 15.5 Å². The number of nitrogens with two attached hydrogens (primary N) is 1. The van der Waals surface area contributed by atoms with Crippen LogP contribution in [-0.2, 0) is 28.7 Å². The highest BCUT2D eigenvalue weighted by Gasteiger charge is 2.36. The number of rotatable bonds is 15. The number of amides is 4. The van der Waals surface area contributed by atoms with E-state index in [9.17, 15) is 24.0 Å². The lowest BCUT2D eigenvalue weighted by Gasteiger charge is -2.35. The van der Waals surface area contributed by atoms with Gasteiger partial charge in [0, 0.05) is 19.5 Å². The van der Waals surface area contributed by atoms with Gasteiger partial charge in [-0.25, -0.2) is 4.79 Å². The van der Waals surface area contributed by atoms with Gasteiger partial charge < -0.3 is 30.7 Å². The number of ether oxygens (including phenoxy) is 2. The summed E-state index contributed by atoms with van der Waals surface area (Å²) in [4.78, 5) is 65.2. The third-order valence-corrected chi connectivity index (χ3v) is 5.92. The molecule has 1 aromatic carbocycles. The number of nitrogens with zero attached hydrogens (tertiary/aromatic N) is 1. The lowest BCUT2D eigenvalue weighted by molar-refractivity contribution is -0.144. The number of benzene rings is 1. The lowest BCUT2D eigenvalue weighted by atomic mass is 9.95. The van der Waals surface area contributed by atoms with Gasteiger partial charge in [0.15, 0.2) is 0 Å². The molecule has 0 radical (unpaired) electrons. The predicted octanol–water partition coefficient (Wildman–Crippen LogP) is 3.20. The Balaban J connectivity index is 3.49. The van der Waals surface area contributed by atoms with E-state index in [-0.39, 0.29) is 39.0 Å². The SMILES string of the molecule is CCCCN(C(=O)C(CCC(N)=O)NC(=O)OC(C)(C)C)C(C(=O)NCCC(=O)OCC)c1ccc(C)cc1C. The number of alkyl carbamates (subject to hydrolysis) is 1. The fraction of sp³-hybridized carbons (Fsp3) is 0.621. The Labute approximate surface area is 237 Å². The van der Waals surface area contributed by atoms with Gasteiger partial charge in [-0.3, -0.25) is 19.2 Å². The van der Waals surface area contributed by atoms with Crippen molar-refractivity contribution in [3.8, 4) is 0 Å². The summed E-state index contributed by atoms with van der Waals surface area (Å²) in [5.41, 5.74) is 6.93. The smallest absolute Gasteiger partial charge is 0.408 e. The maximum atomic E-state index is 14.1. The molecule has 40 heavy (non-hydrogen) atoms. The van der Waals surface area contributed by atoms with Crippen LogP contribution in [0, 0.1) is 13.8 Å². The van der Waals surface area contributed by atoms with Crippen LogP contribution >= 0.6 is 0 Å². The van der Waals surface area contributed by atoms with Crippen LogP contribution in [0.4, 0.5) is 4.79 Å². The quantitative estimate of drug-likeness (QED) is 0.277. The first kappa shape index (κ1) is 34.4. The molecule has 11 nitrogen and oxygen atoms in total. The topological polar surface area (TPSA) is 157 Å². The lowest BCUT2D eigenvalue weighted by Crippen LogP contribution is -2.53. The van der Waals surface area contributed by atoms with E-state index in [1.54, 1.807) is 33.8 Å². The van der Waals surface area contributed by atoms with Gasteiger partial charge in [-0.15, -0.1) is 0 Å². The molecule has 0 aliphatic carbocycles. The van der Waals surface area contributed by atoms with Crippen LogP contribution in [0.3, 0.4) is 0 Å². The van der Waals surface area contributed by atoms with Crippen molar-refractivity contribution in [2.24, 2.45) is 5.73 Å². The maximum absolute atomic E-state index is 14.1. The molecule has 4 amide bonds. The first-order chi connectivity index (χ1) is 18.7. The van der Waals surface area contributed by atoms with Gasteiger partial charge in [-0.2, -0.15) is 0 Å². The van der Waals surface area contributed by atoms with Gasteiger partial charge >= 0.3 is 12.1 Å². The zero-order chi connectivity index (χ0) is 30.5. The molecule has 2 unspecified atom stereocenters. The van der Waals surface area contributed by atoms with Crippen molar-refractivity contribution in [2.45, 2.75) is 98.3 Å². The number of carbonyl (C=O) groups is 5. The molecule has 224 valence electrons. The van der Waals surface area contributed by atoms with Crippen LogP contribution < -0.4 is 16.4 Å². The standard InChI is InChI=1S/C29H46N4O7/c1-8-10-17-33(27(37)22(13-14-23(30)34)32-28(38)40-29(5,6)7)25(21-12-11-19(3)18-20(21)4)26(36)31-16-15-24(35)39-9-2/h11-12,18,22,25H,8-10,13-17H2,1-7H3,(H2,30,34)(H,31,36)(H,32,38). The third-order valence-electron chi connectivity index (χ3n) is 5.92. The Morgan fingerprint density at radius 3 is 2.27 bits per heavy atom. The Morgan fingerprint density at radius 1 is 1.05 bits per heavy atom. The number of nitrogens with one attached hydrogen (secondary N) is 2. The third kappa shape index (κ3) is 12.0. The van der Waals surface area contributed by atoms with Crippen LogP contribution in [0.1, 0.15) is 89.5 Å². The van der Waals surface area contributed by atoms with Crippen molar-refractivity contribution in [3.05, 3.63) is 34.9 Å². The molecule has 0 heterocycles. The average Bonchev–Trinajstić information content (AvgIpc) is 2.83. The monoisotopic (exact) mass is 562 g/mol. The van der Waals surface area contributed by atoms with Crippen molar-refractivity contribution >= 4 is 29.8 Å². The number of aryl methyl sites for hydroxylation is 2. The summed E-state index contributed by atoms with van der Waals surface area (Å²) in [6.07, 6.45) is 0.238. The zero-order valence-electron chi connectivity index (χ0n) is 24.9. The first-order valence-electron chi connectivity index (χ1n) is 13.8. The summed E-state index contributed by atoms with van der Waals surface area (Å²) < 4.78 is 10.3. The van der Waals surface area contributed by atoms with Crippen LogP contribution in [0.15, 0.2) is 18.2 Å². The van der Waals surface area contributed by atoms with Crippen molar-refractivity contribution in [3.63, 3.8) is 0 Å². The van der Waals surface area contributed by atoms with Crippen LogP contribution in [0.5, 0.6) is 0 Å².